The third-order valence-electron chi connectivity index (χ3n) is 6.29. The number of fused-ring (bicyclic) bond motifs is 1. The fourth-order valence-electron chi connectivity index (χ4n) is 4.36. The van der Waals surface area contributed by atoms with Crippen LogP contribution in [0.4, 0.5) is 0 Å². The molecule has 1 aliphatic rings. The molecule has 1 atom stereocenters. The van der Waals surface area contributed by atoms with Crippen molar-refractivity contribution in [2.75, 3.05) is 40.4 Å². The number of amides is 2. The Morgan fingerprint density at radius 2 is 1.64 bits per heavy atom. The van der Waals surface area contributed by atoms with E-state index < -0.39 is 0 Å². The third kappa shape index (κ3) is 4.79. The van der Waals surface area contributed by atoms with E-state index >= 15 is 0 Å². The Labute approximate surface area is 193 Å². The van der Waals surface area contributed by atoms with Crippen molar-refractivity contribution in [2.45, 2.75) is 26.2 Å². The molecule has 1 unspecified atom stereocenters. The second kappa shape index (κ2) is 9.52. The quantitative estimate of drug-likeness (QED) is 0.577. The largest absolute Gasteiger partial charge is 0.497 e. The fourth-order valence-corrected chi connectivity index (χ4v) is 4.36. The molecule has 0 radical (unpaired) electrons. The van der Waals surface area contributed by atoms with E-state index in [9.17, 15) is 9.59 Å². The van der Waals surface area contributed by atoms with Gasteiger partial charge in [0.25, 0.3) is 0 Å². The normalized spacial score (nSPS) is 14.9. The van der Waals surface area contributed by atoms with Crippen molar-refractivity contribution < 1.29 is 19.1 Å². The highest BCUT2D eigenvalue weighted by Crippen LogP contribution is 2.34. The van der Waals surface area contributed by atoms with Crippen LogP contribution in [0.3, 0.4) is 0 Å². The van der Waals surface area contributed by atoms with Crippen LogP contribution >= 0.6 is 0 Å². The van der Waals surface area contributed by atoms with Crippen LogP contribution in [0.25, 0.3) is 5.65 Å². The number of benzene rings is 1. The van der Waals surface area contributed by atoms with Gasteiger partial charge in [0.05, 0.1) is 19.9 Å². The number of hydrogen-bond acceptors (Lipinski definition) is 5. The first-order valence-corrected chi connectivity index (χ1v) is 11.1. The zero-order valence-electron chi connectivity index (χ0n) is 19.6. The minimum Gasteiger partial charge on any atom is -0.497 e. The van der Waals surface area contributed by atoms with Gasteiger partial charge in [0.1, 0.15) is 17.1 Å². The van der Waals surface area contributed by atoms with E-state index in [0.29, 0.717) is 37.7 Å². The number of ether oxygens (including phenoxy) is 2. The Morgan fingerprint density at radius 3 is 2.24 bits per heavy atom. The Hall–Kier alpha value is -3.55. The average Bonchev–Trinajstić information content (AvgIpc) is 3.24. The molecule has 1 saturated heterocycles. The van der Waals surface area contributed by atoms with Gasteiger partial charge in [0.2, 0.25) is 11.8 Å². The first kappa shape index (κ1) is 22.6. The molecule has 0 N–H and O–H groups in total. The Balaban J connectivity index is 1.69. The molecule has 1 aromatic carbocycles. The Kier molecular flexibility index (Phi) is 6.53. The third-order valence-corrected chi connectivity index (χ3v) is 6.29. The summed E-state index contributed by atoms with van der Waals surface area (Å²) >= 11 is 0. The Bertz CT molecular complexity index is 1140. The number of carbonyl (C=O) groups excluding carboxylic acids is 2. The van der Waals surface area contributed by atoms with Crippen LogP contribution in [0, 0.1) is 6.92 Å². The molecule has 8 nitrogen and oxygen atoms in total. The van der Waals surface area contributed by atoms with Crippen LogP contribution in [0.5, 0.6) is 11.5 Å². The van der Waals surface area contributed by atoms with Crippen molar-refractivity contribution in [1.29, 1.82) is 0 Å². The van der Waals surface area contributed by atoms with Crippen LogP contribution in [0.2, 0.25) is 0 Å². The number of carbonyl (C=O) groups is 2. The molecule has 0 bridgehead atoms. The first-order valence-electron chi connectivity index (χ1n) is 11.1. The van der Waals surface area contributed by atoms with Gasteiger partial charge in [0.15, 0.2) is 0 Å². The van der Waals surface area contributed by atoms with Gasteiger partial charge in [-0.25, -0.2) is 4.98 Å². The van der Waals surface area contributed by atoms with Gasteiger partial charge in [-0.3, -0.25) is 9.59 Å². The molecule has 2 aromatic heterocycles. The van der Waals surface area contributed by atoms with Crippen LogP contribution in [-0.2, 0) is 9.59 Å². The summed E-state index contributed by atoms with van der Waals surface area (Å²) in [6, 6.07) is 9.77. The number of aryl methyl sites for hydroxylation is 1. The summed E-state index contributed by atoms with van der Waals surface area (Å²) in [6.07, 6.45) is 4.11. The maximum atomic E-state index is 13.4. The van der Waals surface area contributed by atoms with E-state index in [2.05, 4.69) is 4.98 Å². The minimum absolute atomic E-state index is 0.0458. The number of aromatic nitrogens is 2. The monoisotopic (exact) mass is 450 g/mol. The molecule has 0 saturated carbocycles. The van der Waals surface area contributed by atoms with Crippen LogP contribution in [0.1, 0.15) is 36.1 Å². The molecule has 3 heterocycles. The molecule has 2 amide bonds. The fraction of sp³-hybridized carbons (Fsp3) is 0.400. The maximum Gasteiger partial charge on any atom is 0.223 e. The molecule has 0 aliphatic carbocycles. The smallest absolute Gasteiger partial charge is 0.223 e. The molecular formula is C25H30N4O4. The number of imidazole rings is 1. The van der Waals surface area contributed by atoms with Crippen LogP contribution in [-0.4, -0.2) is 71.4 Å². The second-order valence-corrected chi connectivity index (χ2v) is 8.40. The maximum absolute atomic E-state index is 13.4. The van der Waals surface area contributed by atoms with Crippen molar-refractivity contribution in [3.63, 3.8) is 0 Å². The minimum atomic E-state index is -0.245. The van der Waals surface area contributed by atoms with Gasteiger partial charge in [-0.15, -0.1) is 0 Å². The van der Waals surface area contributed by atoms with Crippen molar-refractivity contribution in [1.82, 2.24) is 19.2 Å². The van der Waals surface area contributed by atoms with Crippen molar-refractivity contribution >= 4 is 17.5 Å². The number of hydrogen-bond donors (Lipinski definition) is 0. The molecule has 1 aliphatic heterocycles. The second-order valence-electron chi connectivity index (χ2n) is 8.40. The number of pyridine rings is 1. The number of nitrogens with zero attached hydrogens (tertiary/aromatic N) is 4. The molecule has 174 valence electrons. The number of rotatable bonds is 6. The van der Waals surface area contributed by atoms with Gasteiger partial charge in [-0.05, 0) is 42.3 Å². The molecule has 3 aromatic rings. The van der Waals surface area contributed by atoms with E-state index in [4.69, 9.17) is 9.47 Å². The lowest BCUT2D eigenvalue weighted by molar-refractivity contribution is -0.138. The summed E-state index contributed by atoms with van der Waals surface area (Å²) in [5, 5.41) is 0. The predicted molar refractivity (Wildman–Crippen MR) is 125 cm³/mol. The van der Waals surface area contributed by atoms with Crippen molar-refractivity contribution in [2.24, 2.45) is 0 Å². The number of methoxy groups -OCH3 is 2. The average molecular weight is 451 g/mol. The zero-order valence-corrected chi connectivity index (χ0v) is 19.6. The summed E-state index contributed by atoms with van der Waals surface area (Å²) in [5.41, 5.74) is 3.81. The summed E-state index contributed by atoms with van der Waals surface area (Å²) < 4.78 is 13.0. The molecular weight excluding hydrogens is 420 g/mol. The lowest BCUT2D eigenvalue weighted by Crippen LogP contribution is -2.50. The van der Waals surface area contributed by atoms with Crippen molar-refractivity contribution in [3.8, 4) is 11.5 Å². The topological polar surface area (TPSA) is 76.4 Å². The van der Waals surface area contributed by atoms with E-state index in [1.54, 1.807) is 26.0 Å². The Morgan fingerprint density at radius 1 is 1.00 bits per heavy atom. The van der Waals surface area contributed by atoms with Gasteiger partial charge < -0.3 is 23.7 Å². The SMILES string of the molecule is COc1cc(OC)cc(C(CC(=O)N2CCN(C(C)=O)CC2)c2cnc3cc(C)ccn23)c1. The first-order chi connectivity index (χ1) is 15.9. The van der Waals surface area contributed by atoms with Gasteiger partial charge >= 0.3 is 0 Å². The molecule has 0 spiro atoms. The van der Waals surface area contributed by atoms with E-state index in [1.807, 2.05) is 58.9 Å². The highest BCUT2D eigenvalue weighted by molar-refractivity contribution is 5.79. The van der Waals surface area contributed by atoms with Gasteiger partial charge in [-0.2, -0.15) is 0 Å². The highest BCUT2D eigenvalue weighted by atomic mass is 16.5. The molecule has 33 heavy (non-hydrogen) atoms. The lowest BCUT2D eigenvalue weighted by Gasteiger charge is -2.35. The number of piperazine rings is 1. The predicted octanol–water partition coefficient (Wildman–Crippen LogP) is 2.87. The molecule has 1 fully saturated rings. The highest BCUT2D eigenvalue weighted by Gasteiger charge is 2.28. The zero-order chi connectivity index (χ0) is 23.5. The van der Waals surface area contributed by atoms with Crippen LogP contribution in [0.15, 0.2) is 42.7 Å². The van der Waals surface area contributed by atoms with E-state index in [-0.39, 0.29) is 24.2 Å². The summed E-state index contributed by atoms with van der Waals surface area (Å²) in [5.74, 6) is 1.18. The molecule has 8 heteroatoms. The van der Waals surface area contributed by atoms with E-state index in [0.717, 1.165) is 22.5 Å². The lowest BCUT2D eigenvalue weighted by atomic mass is 9.91. The van der Waals surface area contributed by atoms with Gasteiger partial charge in [-0.1, -0.05) is 0 Å². The van der Waals surface area contributed by atoms with Gasteiger partial charge in [0, 0.05) is 63.9 Å². The summed E-state index contributed by atoms with van der Waals surface area (Å²) in [4.78, 5) is 33.2. The summed E-state index contributed by atoms with van der Waals surface area (Å²) in [7, 11) is 3.23. The van der Waals surface area contributed by atoms with E-state index in [1.165, 1.54) is 0 Å². The summed E-state index contributed by atoms with van der Waals surface area (Å²) in [6.45, 7) is 5.80. The molecule has 4 rings (SSSR count). The van der Waals surface area contributed by atoms with Crippen LogP contribution < -0.4 is 9.47 Å². The standard InChI is InChI=1S/C25H30N4O4/c1-17-5-6-29-23(16-26-24(29)11-17)22(19-12-20(32-3)14-21(13-19)33-4)15-25(31)28-9-7-27(8-10-28)18(2)30/h5-6,11-14,16,22H,7-10,15H2,1-4H3. The van der Waals surface area contributed by atoms with Crippen molar-refractivity contribution in [3.05, 3.63) is 59.5 Å².